The van der Waals surface area contributed by atoms with Gasteiger partial charge in [0, 0.05) is 0 Å². The van der Waals surface area contributed by atoms with Gasteiger partial charge in [-0.3, -0.25) is 0 Å². The maximum atomic E-state index is 12.3. The van der Waals surface area contributed by atoms with Gasteiger partial charge in [0.2, 0.25) is 6.79 Å². The number of hydrogen-bond acceptors (Lipinski definition) is 4. The third-order valence-electron chi connectivity index (χ3n) is 4.14. The molecule has 0 saturated carbocycles. The number of ether oxygens (including phenoxy) is 3. The maximum Gasteiger partial charge on any atom is 0.343 e. The zero-order valence-corrected chi connectivity index (χ0v) is 12.1. The van der Waals surface area contributed by atoms with Crippen LogP contribution in [0.4, 0.5) is 0 Å². The summed E-state index contributed by atoms with van der Waals surface area (Å²) >= 11 is 0. The molecule has 112 valence electrons. The van der Waals surface area contributed by atoms with E-state index in [1.54, 1.807) is 18.2 Å². The third kappa shape index (κ3) is 2.41. The van der Waals surface area contributed by atoms with E-state index in [0.29, 0.717) is 22.8 Å². The summed E-state index contributed by atoms with van der Waals surface area (Å²) < 4.78 is 16.0. The van der Waals surface area contributed by atoms with Gasteiger partial charge in [-0.2, -0.15) is 0 Å². The summed E-state index contributed by atoms with van der Waals surface area (Å²) in [6.45, 7) is 0.193. The highest BCUT2D eigenvalue weighted by Crippen LogP contribution is 2.33. The average Bonchev–Trinajstić information content (AvgIpc) is 3.02. The first-order valence-corrected chi connectivity index (χ1v) is 7.53. The first kappa shape index (κ1) is 13.2. The lowest BCUT2D eigenvalue weighted by atomic mass is 9.92. The molecular formula is C18H16O4. The molecule has 0 fully saturated rings. The van der Waals surface area contributed by atoms with E-state index in [-0.39, 0.29) is 12.8 Å². The minimum Gasteiger partial charge on any atom is -0.454 e. The quantitative estimate of drug-likeness (QED) is 0.628. The van der Waals surface area contributed by atoms with Crippen LogP contribution in [-0.4, -0.2) is 12.8 Å². The van der Waals surface area contributed by atoms with E-state index in [1.807, 2.05) is 12.1 Å². The molecule has 0 bridgehead atoms. The van der Waals surface area contributed by atoms with Gasteiger partial charge in [-0.25, -0.2) is 4.79 Å². The fourth-order valence-corrected chi connectivity index (χ4v) is 2.96. The Kier molecular flexibility index (Phi) is 3.22. The summed E-state index contributed by atoms with van der Waals surface area (Å²) in [4.78, 5) is 12.3. The average molecular weight is 296 g/mol. The maximum absolute atomic E-state index is 12.3. The second-order valence-corrected chi connectivity index (χ2v) is 5.60. The summed E-state index contributed by atoms with van der Waals surface area (Å²) in [5.74, 6) is 1.46. The lowest BCUT2D eigenvalue weighted by molar-refractivity contribution is 0.0734. The number of esters is 1. The van der Waals surface area contributed by atoms with Crippen LogP contribution in [0.1, 0.15) is 34.3 Å². The highest BCUT2D eigenvalue weighted by molar-refractivity contribution is 5.92. The SMILES string of the molecule is O=C(Oc1ccc2c(c1)CCCC2)c1ccc2c(c1)OCO2. The van der Waals surface area contributed by atoms with Crippen molar-refractivity contribution in [1.82, 2.24) is 0 Å². The number of carbonyl (C=O) groups excluding carboxylic acids is 1. The summed E-state index contributed by atoms with van der Waals surface area (Å²) in [6.07, 6.45) is 4.62. The molecule has 1 heterocycles. The van der Waals surface area contributed by atoms with Crippen molar-refractivity contribution in [2.45, 2.75) is 25.7 Å². The molecule has 2 aromatic carbocycles. The minimum atomic E-state index is -0.381. The van der Waals surface area contributed by atoms with E-state index in [1.165, 1.54) is 24.0 Å². The van der Waals surface area contributed by atoms with Gasteiger partial charge in [0.15, 0.2) is 11.5 Å². The molecule has 0 atom stereocenters. The number of fused-ring (bicyclic) bond motifs is 2. The number of aryl methyl sites for hydroxylation is 2. The zero-order chi connectivity index (χ0) is 14.9. The number of rotatable bonds is 2. The number of carbonyl (C=O) groups is 1. The lowest BCUT2D eigenvalue weighted by Gasteiger charge is -2.16. The Morgan fingerprint density at radius 2 is 1.73 bits per heavy atom. The van der Waals surface area contributed by atoms with Crippen molar-refractivity contribution in [3.8, 4) is 17.2 Å². The Morgan fingerprint density at radius 3 is 2.64 bits per heavy atom. The predicted molar refractivity (Wildman–Crippen MR) is 80.6 cm³/mol. The number of hydrogen-bond donors (Lipinski definition) is 0. The van der Waals surface area contributed by atoms with Gasteiger partial charge in [0.1, 0.15) is 5.75 Å². The number of benzene rings is 2. The van der Waals surface area contributed by atoms with Gasteiger partial charge in [0.05, 0.1) is 5.56 Å². The topological polar surface area (TPSA) is 44.8 Å². The molecule has 4 rings (SSSR count). The van der Waals surface area contributed by atoms with Crippen LogP contribution in [-0.2, 0) is 12.8 Å². The van der Waals surface area contributed by atoms with Crippen LogP contribution in [0.5, 0.6) is 17.2 Å². The molecule has 2 aromatic rings. The summed E-state index contributed by atoms with van der Waals surface area (Å²) in [5.41, 5.74) is 3.12. The van der Waals surface area contributed by atoms with Crippen molar-refractivity contribution >= 4 is 5.97 Å². The molecule has 0 spiro atoms. The standard InChI is InChI=1S/C18H16O4/c19-18(14-6-8-16-17(10-14)21-11-20-16)22-15-7-5-12-3-1-2-4-13(12)9-15/h5-10H,1-4,11H2. The van der Waals surface area contributed by atoms with Gasteiger partial charge in [0.25, 0.3) is 0 Å². The smallest absolute Gasteiger partial charge is 0.343 e. The van der Waals surface area contributed by atoms with Gasteiger partial charge in [-0.15, -0.1) is 0 Å². The van der Waals surface area contributed by atoms with Crippen LogP contribution in [0.15, 0.2) is 36.4 Å². The highest BCUT2D eigenvalue weighted by Gasteiger charge is 2.18. The normalized spacial score (nSPS) is 15.3. The highest BCUT2D eigenvalue weighted by atomic mass is 16.7. The lowest BCUT2D eigenvalue weighted by Crippen LogP contribution is -2.09. The largest absolute Gasteiger partial charge is 0.454 e. The van der Waals surface area contributed by atoms with Gasteiger partial charge in [-0.05, 0) is 67.1 Å². The molecule has 0 amide bonds. The summed E-state index contributed by atoms with van der Waals surface area (Å²) in [6, 6.07) is 11.0. The van der Waals surface area contributed by atoms with Crippen LogP contribution >= 0.6 is 0 Å². The summed E-state index contributed by atoms with van der Waals surface area (Å²) in [7, 11) is 0. The van der Waals surface area contributed by atoms with Crippen LogP contribution in [0, 0.1) is 0 Å². The Bertz CT molecular complexity index is 736. The second kappa shape index (κ2) is 5.37. The van der Waals surface area contributed by atoms with Gasteiger partial charge < -0.3 is 14.2 Å². The molecule has 2 aliphatic rings. The Hall–Kier alpha value is -2.49. The van der Waals surface area contributed by atoms with Crippen molar-refractivity contribution in [2.75, 3.05) is 6.79 Å². The van der Waals surface area contributed by atoms with E-state index in [0.717, 1.165) is 12.8 Å². The molecule has 1 aliphatic heterocycles. The van der Waals surface area contributed by atoms with E-state index < -0.39 is 0 Å². The fraction of sp³-hybridized carbons (Fsp3) is 0.278. The Balaban J connectivity index is 1.54. The van der Waals surface area contributed by atoms with E-state index in [2.05, 4.69) is 6.07 Å². The third-order valence-corrected chi connectivity index (χ3v) is 4.14. The van der Waals surface area contributed by atoms with Crippen molar-refractivity contribution in [1.29, 1.82) is 0 Å². The molecule has 1 aliphatic carbocycles. The minimum absolute atomic E-state index is 0.193. The summed E-state index contributed by atoms with van der Waals surface area (Å²) in [5, 5.41) is 0. The first-order chi connectivity index (χ1) is 10.8. The second-order valence-electron chi connectivity index (χ2n) is 5.60. The Morgan fingerprint density at radius 1 is 0.909 bits per heavy atom. The first-order valence-electron chi connectivity index (χ1n) is 7.53. The van der Waals surface area contributed by atoms with Crippen LogP contribution in [0.25, 0.3) is 0 Å². The van der Waals surface area contributed by atoms with Crippen molar-refractivity contribution in [3.63, 3.8) is 0 Å². The molecule has 0 unspecified atom stereocenters. The molecule has 4 nitrogen and oxygen atoms in total. The van der Waals surface area contributed by atoms with E-state index >= 15 is 0 Å². The van der Waals surface area contributed by atoms with E-state index in [4.69, 9.17) is 14.2 Å². The monoisotopic (exact) mass is 296 g/mol. The predicted octanol–water partition coefficient (Wildman–Crippen LogP) is 3.51. The molecular weight excluding hydrogens is 280 g/mol. The van der Waals surface area contributed by atoms with Gasteiger partial charge >= 0.3 is 5.97 Å². The van der Waals surface area contributed by atoms with E-state index in [9.17, 15) is 4.79 Å². The van der Waals surface area contributed by atoms with Crippen molar-refractivity contribution in [2.24, 2.45) is 0 Å². The molecule has 0 aromatic heterocycles. The van der Waals surface area contributed by atoms with Crippen LogP contribution in [0.3, 0.4) is 0 Å². The zero-order valence-electron chi connectivity index (χ0n) is 12.1. The van der Waals surface area contributed by atoms with Crippen LogP contribution in [0.2, 0.25) is 0 Å². The van der Waals surface area contributed by atoms with Crippen molar-refractivity contribution in [3.05, 3.63) is 53.1 Å². The molecule has 22 heavy (non-hydrogen) atoms. The molecule has 0 saturated heterocycles. The van der Waals surface area contributed by atoms with Crippen LogP contribution < -0.4 is 14.2 Å². The molecule has 4 heteroatoms. The van der Waals surface area contributed by atoms with Crippen molar-refractivity contribution < 1.29 is 19.0 Å². The molecule has 0 N–H and O–H groups in total. The molecule has 0 radical (unpaired) electrons. The Labute approximate surface area is 128 Å². The fourth-order valence-electron chi connectivity index (χ4n) is 2.96. The van der Waals surface area contributed by atoms with Gasteiger partial charge in [-0.1, -0.05) is 6.07 Å².